The average molecular weight is 272 g/mol. The number of benzene rings is 1. The van der Waals surface area contributed by atoms with Gasteiger partial charge in [-0.05, 0) is 25.1 Å². The van der Waals surface area contributed by atoms with E-state index in [0.29, 0.717) is 23.7 Å². The lowest BCUT2D eigenvalue weighted by Crippen LogP contribution is -2.06. The molecule has 6 nitrogen and oxygen atoms in total. The molecule has 0 unspecified atom stereocenters. The Balaban J connectivity index is 1.79. The normalized spacial score (nSPS) is 10.9. The molecule has 0 saturated carbocycles. The van der Waals surface area contributed by atoms with Crippen LogP contribution in [0.25, 0.3) is 11.0 Å². The maximum atomic E-state index is 13.1. The van der Waals surface area contributed by atoms with Crippen LogP contribution in [0.1, 0.15) is 11.5 Å². The number of aryl methyl sites for hydroxylation is 1. The lowest BCUT2D eigenvalue weighted by Gasteiger charge is -2.04. The molecule has 0 atom stereocenters. The molecule has 0 spiro atoms. The fourth-order valence-corrected chi connectivity index (χ4v) is 1.97. The highest BCUT2D eigenvalue weighted by atomic mass is 19.1. The first-order valence-electron chi connectivity index (χ1n) is 6.09. The summed E-state index contributed by atoms with van der Waals surface area (Å²) < 4.78 is 13.1. The van der Waals surface area contributed by atoms with Gasteiger partial charge in [0.05, 0.1) is 17.6 Å². The highest BCUT2D eigenvalue weighted by Crippen LogP contribution is 2.14. The molecular formula is C13H13FN6. The molecule has 1 aromatic carbocycles. The second-order valence-corrected chi connectivity index (χ2v) is 4.45. The fraction of sp³-hybridized carbons (Fsp3) is 0.154. The summed E-state index contributed by atoms with van der Waals surface area (Å²) in [5, 5.41) is 3.10. The van der Waals surface area contributed by atoms with Gasteiger partial charge in [0, 0.05) is 11.8 Å². The van der Waals surface area contributed by atoms with Crippen molar-refractivity contribution in [2.75, 3.05) is 11.1 Å². The van der Waals surface area contributed by atoms with Crippen molar-refractivity contribution in [2.45, 2.75) is 13.5 Å². The number of hydrogen-bond acceptors (Lipinski definition) is 5. The summed E-state index contributed by atoms with van der Waals surface area (Å²) in [5.74, 6) is 1.25. The first-order chi connectivity index (χ1) is 9.60. The van der Waals surface area contributed by atoms with Crippen LogP contribution in [0.15, 0.2) is 24.3 Å². The Morgan fingerprint density at radius 1 is 1.25 bits per heavy atom. The van der Waals surface area contributed by atoms with Crippen LogP contribution >= 0.6 is 0 Å². The smallest absolute Gasteiger partial charge is 0.222 e. The molecule has 2 heterocycles. The molecule has 0 fully saturated rings. The zero-order chi connectivity index (χ0) is 14.1. The molecular weight excluding hydrogens is 259 g/mol. The van der Waals surface area contributed by atoms with E-state index >= 15 is 0 Å². The number of H-pyrrole nitrogens is 1. The van der Waals surface area contributed by atoms with Gasteiger partial charge in [0.1, 0.15) is 17.5 Å². The van der Waals surface area contributed by atoms with Crippen LogP contribution in [-0.2, 0) is 6.54 Å². The van der Waals surface area contributed by atoms with Crippen molar-refractivity contribution in [1.29, 1.82) is 0 Å². The Kier molecular flexibility index (Phi) is 2.94. The van der Waals surface area contributed by atoms with Crippen LogP contribution in [0.2, 0.25) is 0 Å². The highest BCUT2D eigenvalue weighted by molar-refractivity contribution is 5.74. The van der Waals surface area contributed by atoms with Gasteiger partial charge in [0.15, 0.2) is 0 Å². The predicted octanol–water partition coefficient (Wildman–Crippen LogP) is 1.99. The minimum absolute atomic E-state index is 0.221. The van der Waals surface area contributed by atoms with E-state index in [9.17, 15) is 4.39 Å². The number of nitrogens with two attached hydrogens (primary N) is 1. The van der Waals surface area contributed by atoms with Gasteiger partial charge in [-0.3, -0.25) is 0 Å². The number of nitrogen functional groups attached to an aromatic ring is 1. The summed E-state index contributed by atoms with van der Waals surface area (Å²) in [6.45, 7) is 2.28. The van der Waals surface area contributed by atoms with Gasteiger partial charge in [0.2, 0.25) is 5.95 Å². The van der Waals surface area contributed by atoms with Crippen LogP contribution in [0.5, 0.6) is 0 Å². The van der Waals surface area contributed by atoms with Crippen LogP contribution < -0.4 is 11.1 Å². The molecule has 0 aliphatic heterocycles. The van der Waals surface area contributed by atoms with Gasteiger partial charge in [-0.25, -0.2) is 14.4 Å². The zero-order valence-electron chi connectivity index (χ0n) is 10.8. The number of hydrogen-bond donors (Lipinski definition) is 3. The Labute approximate surface area is 114 Å². The van der Waals surface area contributed by atoms with Gasteiger partial charge >= 0.3 is 0 Å². The van der Waals surface area contributed by atoms with Gasteiger partial charge < -0.3 is 16.0 Å². The summed E-state index contributed by atoms with van der Waals surface area (Å²) in [6, 6.07) is 6.23. The molecule has 102 valence electrons. The summed E-state index contributed by atoms with van der Waals surface area (Å²) in [5.41, 5.74) is 7.75. The minimum Gasteiger partial charge on any atom is -0.368 e. The third kappa shape index (κ3) is 2.51. The van der Waals surface area contributed by atoms with E-state index in [1.54, 1.807) is 12.1 Å². The SMILES string of the molecule is Cc1cc(NCc2nc3ccc(F)cc3[nH]2)nc(N)n1. The van der Waals surface area contributed by atoms with Gasteiger partial charge in [-0.1, -0.05) is 0 Å². The quantitative estimate of drug-likeness (QED) is 0.678. The van der Waals surface area contributed by atoms with E-state index in [1.807, 2.05) is 6.92 Å². The number of halogens is 1. The molecule has 2 aromatic heterocycles. The number of nitrogens with zero attached hydrogens (tertiary/aromatic N) is 3. The van der Waals surface area contributed by atoms with E-state index in [1.165, 1.54) is 12.1 Å². The van der Waals surface area contributed by atoms with Crippen molar-refractivity contribution in [3.05, 3.63) is 41.6 Å². The molecule has 0 amide bonds. The molecule has 0 aliphatic carbocycles. The summed E-state index contributed by atoms with van der Waals surface area (Å²) in [7, 11) is 0. The van der Waals surface area contributed by atoms with Gasteiger partial charge in [-0.2, -0.15) is 4.98 Å². The first-order valence-corrected chi connectivity index (χ1v) is 6.09. The minimum atomic E-state index is -0.292. The van der Waals surface area contributed by atoms with E-state index in [0.717, 1.165) is 11.2 Å². The van der Waals surface area contributed by atoms with E-state index in [2.05, 4.69) is 25.3 Å². The monoisotopic (exact) mass is 272 g/mol. The molecule has 20 heavy (non-hydrogen) atoms. The topological polar surface area (TPSA) is 92.5 Å². The van der Waals surface area contributed by atoms with E-state index in [4.69, 9.17) is 5.73 Å². The molecule has 0 radical (unpaired) electrons. The molecule has 0 saturated heterocycles. The van der Waals surface area contributed by atoms with E-state index < -0.39 is 0 Å². The highest BCUT2D eigenvalue weighted by Gasteiger charge is 2.05. The number of aromatic nitrogens is 4. The maximum absolute atomic E-state index is 13.1. The largest absolute Gasteiger partial charge is 0.368 e. The second-order valence-electron chi connectivity index (χ2n) is 4.45. The van der Waals surface area contributed by atoms with Crippen LogP contribution in [0.3, 0.4) is 0 Å². The molecule has 7 heteroatoms. The Morgan fingerprint density at radius 2 is 2.10 bits per heavy atom. The third-order valence-electron chi connectivity index (χ3n) is 2.80. The molecule has 3 aromatic rings. The summed E-state index contributed by atoms with van der Waals surface area (Å²) >= 11 is 0. The van der Waals surface area contributed by atoms with E-state index in [-0.39, 0.29) is 11.8 Å². The van der Waals surface area contributed by atoms with Crippen molar-refractivity contribution in [3.63, 3.8) is 0 Å². The standard InChI is InChI=1S/C13H13FN6/c1-7-4-11(20-13(15)17-7)16-6-12-18-9-3-2-8(14)5-10(9)19-12/h2-5H,6H2,1H3,(H,18,19)(H3,15,16,17,20). The number of fused-ring (bicyclic) bond motifs is 1. The second kappa shape index (κ2) is 4.76. The Hall–Kier alpha value is -2.70. The fourth-order valence-electron chi connectivity index (χ4n) is 1.97. The van der Waals surface area contributed by atoms with Crippen molar-refractivity contribution in [3.8, 4) is 0 Å². The lowest BCUT2D eigenvalue weighted by molar-refractivity contribution is 0.629. The van der Waals surface area contributed by atoms with Gasteiger partial charge in [0.25, 0.3) is 0 Å². The first kappa shape index (κ1) is 12.3. The van der Waals surface area contributed by atoms with Crippen LogP contribution in [0.4, 0.5) is 16.2 Å². The summed E-state index contributed by atoms with van der Waals surface area (Å²) in [6.07, 6.45) is 0. The van der Waals surface area contributed by atoms with Gasteiger partial charge in [-0.15, -0.1) is 0 Å². The number of nitrogens with one attached hydrogen (secondary N) is 2. The summed E-state index contributed by atoms with van der Waals surface area (Å²) in [4.78, 5) is 15.5. The number of anilines is 2. The van der Waals surface area contributed by atoms with Crippen molar-refractivity contribution in [1.82, 2.24) is 19.9 Å². The maximum Gasteiger partial charge on any atom is 0.222 e. The number of rotatable bonds is 3. The lowest BCUT2D eigenvalue weighted by atomic mass is 10.3. The van der Waals surface area contributed by atoms with Crippen molar-refractivity contribution < 1.29 is 4.39 Å². The average Bonchev–Trinajstić information content (AvgIpc) is 2.77. The van der Waals surface area contributed by atoms with Crippen LogP contribution in [0, 0.1) is 12.7 Å². The number of imidazole rings is 1. The molecule has 4 N–H and O–H groups in total. The number of aromatic amines is 1. The molecule has 0 aliphatic rings. The van der Waals surface area contributed by atoms with Crippen molar-refractivity contribution >= 4 is 22.8 Å². The Bertz CT molecular complexity index is 746. The zero-order valence-corrected chi connectivity index (χ0v) is 10.8. The van der Waals surface area contributed by atoms with Crippen molar-refractivity contribution in [2.24, 2.45) is 0 Å². The predicted molar refractivity (Wildman–Crippen MR) is 74.6 cm³/mol. The molecule has 0 bridgehead atoms. The van der Waals surface area contributed by atoms with Crippen LogP contribution in [-0.4, -0.2) is 19.9 Å². The molecule has 3 rings (SSSR count). The Morgan fingerprint density at radius 3 is 2.90 bits per heavy atom. The third-order valence-corrected chi connectivity index (χ3v) is 2.80.